The maximum absolute atomic E-state index is 6.35. The summed E-state index contributed by atoms with van der Waals surface area (Å²) >= 11 is 5.25. The van der Waals surface area contributed by atoms with Crippen LogP contribution in [0.1, 0.15) is 23.0 Å². The quantitative estimate of drug-likeness (QED) is 0.462. The molecule has 1 aromatic heterocycles. The molecule has 6 heteroatoms. The van der Waals surface area contributed by atoms with Gasteiger partial charge in [0.2, 0.25) is 12.5 Å². The van der Waals surface area contributed by atoms with Gasteiger partial charge in [-0.15, -0.1) is 11.3 Å². The zero-order valence-corrected chi connectivity index (χ0v) is 17.1. The summed E-state index contributed by atoms with van der Waals surface area (Å²) in [6.07, 6.45) is 0.796. The summed E-state index contributed by atoms with van der Waals surface area (Å²) in [5.41, 5.74) is 1.28. The SMILES string of the molecule is Brc1ccc(C(CCNCc2ccccc2)Oc2cccc3c2OCO3)s1. The van der Waals surface area contributed by atoms with Crippen LogP contribution in [0, 0.1) is 0 Å². The Labute approximate surface area is 171 Å². The molecule has 4 nitrogen and oxygen atoms in total. The first-order valence-electron chi connectivity index (χ1n) is 8.85. The lowest BCUT2D eigenvalue weighted by molar-refractivity contribution is 0.159. The summed E-state index contributed by atoms with van der Waals surface area (Å²) in [7, 11) is 0. The lowest BCUT2D eigenvalue weighted by atomic mass is 10.2. The molecule has 1 unspecified atom stereocenters. The Bertz CT molecular complexity index is 884. The molecule has 4 rings (SSSR count). The van der Waals surface area contributed by atoms with Gasteiger partial charge in [0.1, 0.15) is 6.10 Å². The first-order chi connectivity index (χ1) is 13.3. The Hall–Kier alpha value is -2.02. The van der Waals surface area contributed by atoms with Crippen molar-refractivity contribution in [3.63, 3.8) is 0 Å². The van der Waals surface area contributed by atoms with E-state index < -0.39 is 0 Å². The summed E-state index contributed by atoms with van der Waals surface area (Å²) in [5, 5.41) is 3.50. The van der Waals surface area contributed by atoms with Gasteiger partial charge >= 0.3 is 0 Å². The van der Waals surface area contributed by atoms with E-state index in [0.717, 1.165) is 34.8 Å². The number of hydrogen-bond acceptors (Lipinski definition) is 5. The van der Waals surface area contributed by atoms with E-state index in [1.807, 2.05) is 24.3 Å². The van der Waals surface area contributed by atoms with Crippen LogP contribution in [0.4, 0.5) is 0 Å². The molecule has 2 aromatic carbocycles. The van der Waals surface area contributed by atoms with E-state index in [-0.39, 0.29) is 12.9 Å². The summed E-state index contributed by atoms with van der Waals surface area (Å²) in [6, 6.07) is 20.3. The second-order valence-electron chi connectivity index (χ2n) is 6.19. The van der Waals surface area contributed by atoms with E-state index in [1.165, 1.54) is 10.4 Å². The summed E-state index contributed by atoms with van der Waals surface area (Å²) < 4.78 is 18.5. The lowest BCUT2D eigenvalue weighted by Gasteiger charge is -2.19. The van der Waals surface area contributed by atoms with Crippen molar-refractivity contribution in [3.05, 3.63) is 74.9 Å². The molecule has 27 heavy (non-hydrogen) atoms. The molecule has 140 valence electrons. The predicted octanol–water partition coefficient (Wildman–Crippen LogP) is 5.54. The summed E-state index contributed by atoms with van der Waals surface area (Å²) in [6.45, 7) is 1.93. The number of nitrogens with one attached hydrogen (secondary N) is 1. The second-order valence-corrected chi connectivity index (χ2v) is 8.68. The highest BCUT2D eigenvalue weighted by molar-refractivity contribution is 9.11. The number of benzene rings is 2. The Balaban J connectivity index is 1.43. The van der Waals surface area contributed by atoms with E-state index in [4.69, 9.17) is 14.2 Å². The van der Waals surface area contributed by atoms with E-state index in [1.54, 1.807) is 11.3 Å². The van der Waals surface area contributed by atoms with Crippen molar-refractivity contribution >= 4 is 27.3 Å². The Kier molecular flexibility index (Phi) is 5.97. The zero-order valence-electron chi connectivity index (χ0n) is 14.7. The highest BCUT2D eigenvalue weighted by atomic mass is 79.9. The van der Waals surface area contributed by atoms with Gasteiger partial charge in [-0.25, -0.2) is 0 Å². The highest BCUT2D eigenvalue weighted by Crippen LogP contribution is 2.43. The monoisotopic (exact) mass is 445 g/mol. The largest absolute Gasteiger partial charge is 0.481 e. The van der Waals surface area contributed by atoms with Crippen LogP contribution in [0.5, 0.6) is 17.2 Å². The number of para-hydroxylation sites is 1. The average Bonchev–Trinajstić information content (AvgIpc) is 3.34. The van der Waals surface area contributed by atoms with Crippen molar-refractivity contribution in [2.45, 2.75) is 19.1 Å². The number of hydrogen-bond donors (Lipinski definition) is 1. The molecule has 0 radical (unpaired) electrons. The molecule has 0 amide bonds. The fraction of sp³-hybridized carbons (Fsp3) is 0.238. The van der Waals surface area contributed by atoms with Crippen LogP contribution in [0.3, 0.4) is 0 Å². The normalized spacial score (nSPS) is 13.5. The fourth-order valence-electron chi connectivity index (χ4n) is 2.97. The Morgan fingerprint density at radius 1 is 1.04 bits per heavy atom. The van der Waals surface area contributed by atoms with Crippen molar-refractivity contribution < 1.29 is 14.2 Å². The smallest absolute Gasteiger partial charge is 0.231 e. The molecule has 0 fully saturated rings. The number of rotatable bonds is 8. The fourth-order valence-corrected chi connectivity index (χ4v) is 4.46. The minimum Gasteiger partial charge on any atom is -0.481 e. The molecular formula is C21H20BrNO3S. The van der Waals surface area contributed by atoms with Gasteiger partial charge < -0.3 is 19.5 Å². The average molecular weight is 446 g/mol. The molecule has 1 aliphatic heterocycles. The molecule has 1 aliphatic rings. The van der Waals surface area contributed by atoms with Gasteiger partial charge in [0, 0.05) is 17.8 Å². The molecule has 0 saturated carbocycles. The van der Waals surface area contributed by atoms with Gasteiger partial charge in [-0.1, -0.05) is 36.4 Å². The van der Waals surface area contributed by atoms with E-state index in [9.17, 15) is 0 Å². The van der Waals surface area contributed by atoms with Crippen LogP contribution in [0.2, 0.25) is 0 Å². The van der Waals surface area contributed by atoms with E-state index >= 15 is 0 Å². The van der Waals surface area contributed by atoms with Crippen molar-refractivity contribution in [3.8, 4) is 17.2 Å². The van der Waals surface area contributed by atoms with E-state index in [0.29, 0.717) is 5.75 Å². The molecule has 1 N–H and O–H groups in total. The van der Waals surface area contributed by atoms with Gasteiger partial charge in [0.15, 0.2) is 11.5 Å². The molecule has 3 aromatic rings. The van der Waals surface area contributed by atoms with Crippen molar-refractivity contribution in [1.82, 2.24) is 5.32 Å². The van der Waals surface area contributed by atoms with Crippen LogP contribution in [0.25, 0.3) is 0 Å². The van der Waals surface area contributed by atoms with Crippen LogP contribution in [-0.2, 0) is 6.54 Å². The minimum atomic E-state index is -0.0553. The van der Waals surface area contributed by atoms with Crippen molar-refractivity contribution in [2.24, 2.45) is 0 Å². The van der Waals surface area contributed by atoms with E-state index in [2.05, 4.69) is 57.6 Å². The lowest BCUT2D eigenvalue weighted by Crippen LogP contribution is -2.19. The first-order valence-corrected chi connectivity index (χ1v) is 10.5. The maximum atomic E-state index is 6.35. The summed E-state index contributed by atoms with van der Waals surface area (Å²) in [5.74, 6) is 2.15. The van der Waals surface area contributed by atoms with Crippen LogP contribution in [-0.4, -0.2) is 13.3 Å². The van der Waals surface area contributed by atoms with Crippen LogP contribution < -0.4 is 19.5 Å². The number of fused-ring (bicyclic) bond motifs is 1. The highest BCUT2D eigenvalue weighted by Gasteiger charge is 2.22. The summed E-state index contributed by atoms with van der Waals surface area (Å²) in [4.78, 5) is 1.18. The molecular weight excluding hydrogens is 426 g/mol. The van der Waals surface area contributed by atoms with Crippen molar-refractivity contribution in [2.75, 3.05) is 13.3 Å². The zero-order chi connectivity index (χ0) is 18.5. The van der Waals surface area contributed by atoms with Gasteiger partial charge in [0.25, 0.3) is 0 Å². The molecule has 2 heterocycles. The first kappa shape index (κ1) is 18.3. The number of halogens is 1. The third-order valence-electron chi connectivity index (χ3n) is 4.30. The minimum absolute atomic E-state index is 0.0553. The second kappa shape index (κ2) is 8.78. The molecule has 0 bridgehead atoms. The van der Waals surface area contributed by atoms with Gasteiger partial charge in [-0.3, -0.25) is 0 Å². The molecule has 0 saturated heterocycles. The Morgan fingerprint density at radius 3 is 2.74 bits per heavy atom. The molecule has 1 atom stereocenters. The number of ether oxygens (including phenoxy) is 3. The topological polar surface area (TPSA) is 39.7 Å². The van der Waals surface area contributed by atoms with Gasteiger partial charge in [-0.2, -0.15) is 0 Å². The van der Waals surface area contributed by atoms with Crippen LogP contribution >= 0.6 is 27.3 Å². The third kappa shape index (κ3) is 4.64. The Morgan fingerprint density at radius 2 is 1.93 bits per heavy atom. The number of thiophene rings is 1. The molecule has 0 aliphatic carbocycles. The maximum Gasteiger partial charge on any atom is 0.231 e. The van der Waals surface area contributed by atoms with Crippen LogP contribution in [0.15, 0.2) is 64.5 Å². The molecule has 0 spiro atoms. The van der Waals surface area contributed by atoms with Gasteiger partial charge in [0.05, 0.1) is 3.79 Å². The standard InChI is InChI=1S/C21H20BrNO3S/c22-20-10-9-19(27-20)16(11-12-23-13-15-5-2-1-3-6-15)26-18-8-4-7-17-21(18)25-14-24-17/h1-10,16,23H,11-14H2. The third-order valence-corrected chi connectivity index (χ3v) is 6.01. The van der Waals surface area contributed by atoms with Crippen molar-refractivity contribution in [1.29, 1.82) is 0 Å². The van der Waals surface area contributed by atoms with Gasteiger partial charge in [-0.05, 0) is 52.3 Å². The predicted molar refractivity (Wildman–Crippen MR) is 111 cm³/mol.